The minimum absolute atomic E-state index is 0.0289. The Hall–Kier alpha value is -2.63. The number of likely N-dealkylation sites (tertiary alicyclic amines) is 1. The van der Waals surface area contributed by atoms with Crippen LogP contribution in [0, 0.1) is 16.4 Å². The third-order valence-corrected chi connectivity index (χ3v) is 7.04. The second-order valence-electron chi connectivity index (χ2n) is 8.93. The van der Waals surface area contributed by atoms with Gasteiger partial charge >= 0.3 is 12.1 Å². The number of carbonyl (C=O) groups excluding carboxylic acids is 3. The van der Waals surface area contributed by atoms with E-state index < -0.39 is 12.1 Å². The molecule has 9 nitrogen and oxygen atoms in total. The number of anilines is 1. The fourth-order valence-corrected chi connectivity index (χ4v) is 4.83. The molecular formula is C23H29IN6O3. The molecule has 3 heterocycles. The first-order valence-electron chi connectivity index (χ1n) is 11.2. The zero-order valence-corrected chi connectivity index (χ0v) is 21.2. The lowest BCUT2D eigenvalue weighted by Gasteiger charge is -2.38. The van der Waals surface area contributed by atoms with E-state index in [2.05, 4.69) is 38.2 Å². The van der Waals surface area contributed by atoms with E-state index in [1.807, 2.05) is 49.9 Å². The highest BCUT2D eigenvalue weighted by Crippen LogP contribution is 2.26. The van der Waals surface area contributed by atoms with Crippen LogP contribution in [0.4, 0.5) is 15.3 Å². The summed E-state index contributed by atoms with van der Waals surface area (Å²) >= 11 is 2.20. The molecule has 1 aromatic carbocycles. The highest BCUT2D eigenvalue weighted by Gasteiger charge is 2.37. The molecule has 2 aliphatic rings. The number of nitrogens with zero attached hydrogens (tertiary/aromatic N) is 4. The Morgan fingerprint density at radius 2 is 1.82 bits per heavy atom. The van der Waals surface area contributed by atoms with Gasteiger partial charge in [0.25, 0.3) is 0 Å². The maximum atomic E-state index is 13.2. The van der Waals surface area contributed by atoms with Crippen molar-refractivity contribution in [2.75, 3.05) is 18.4 Å². The van der Waals surface area contributed by atoms with Crippen LogP contribution >= 0.6 is 22.6 Å². The highest BCUT2D eigenvalue weighted by atomic mass is 127. The average molecular weight is 564 g/mol. The average Bonchev–Trinajstić information content (AvgIpc) is 3.32. The summed E-state index contributed by atoms with van der Waals surface area (Å²) in [7, 11) is 0. The van der Waals surface area contributed by atoms with Crippen LogP contribution < -0.4 is 10.6 Å². The van der Waals surface area contributed by atoms with Gasteiger partial charge in [-0.15, -0.1) is 0 Å². The standard InChI is InChI=1S/C23H29IN6O3/c1-14(2)20(27-22(32)26-17-6-4-16(24)5-7-17)21(31)28-10-8-18(9-11-28)29-13-19-12-25-15(3)30(19)23(29)33/h4-7,12,14,18,20H,8-11,13H2,1-3H3,(H2,26,27,32)/t20-/m1/s1. The number of halogens is 1. The number of carbonyl (C=O) groups is 3. The van der Waals surface area contributed by atoms with Gasteiger partial charge in [0.1, 0.15) is 11.9 Å². The molecular weight excluding hydrogens is 535 g/mol. The van der Waals surface area contributed by atoms with Crippen molar-refractivity contribution >= 4 is 46.2 Å². The topological polar surface area (TPSA) is 99.6 Å². The number of urea groups is 1. The van der Waals surface area contributed by atoms with Crippen molar-refractivity contribution in [1.29, 1.82) is 0 Å². The Bertz CT molecular complexity index is 1040. The van der Waals surface area contributed by atoms with E-state index in [0.717, 1.165) is 9.26 Å². The summed E-state index contributed by atoms with van der Waals surface area (Å²) in [5.74, 6) is 0.568. The van der Waals surface area contributed by atoms with Crippen molar-refractivity contribution in [3.05, 3.63) is 45.6 Å². The van der Waals surface area contributed by atoms with E-state index in [1.165, 1.54) is 0 Å². The minimum atomic E-state index is -0.617. The lowest BCUT2D eigenvalue weighted by atomic mass is 9.99. The lowest BCUT2D eigenvalue weighted by molar-refractivity contribution is -0.135. The van der Waals surface area contributed by atoms with Gasteiger partial charge < -0.3 is 20.4 Å². The first kappa shape index (κ1) is 23.5. The third kappa shape index (κ3) is 4.99. The van der Waals surface area contributed by atoms with Crippen LogP contribution in [0.25, 0.3) is 0 Å². The molecule has 4 amide bonds. The van der Waals surface area contributed by atoms with Crippen molar-refractivity contribution in [3.63, 3.8) is 0 Å². The first-order valence-corrected chi connectivity index (χ1v) is 12.3. The van der Waals surface area contributed by atoms with Gasteiger partial charge in [-0.1, -0.05) is 13.8 Å². The molecule has 33 heavy (non-hydrogen) atoms. The number of rotatable bonds is 5. The van der Waals surface area contributed by atoms with Crippen LogP contribution in [0.2, 0.25) is 0 Å². The first-order chi connectivity index (χ1) is 15.7. The number of fused-ring (bicyclic) bond motifs is 1. The SMILES string of the molecule is Cc1ncc2n1C(=O)N(C1CCN(C(=O)[C@H](NC(=O)Nc3ccc(I)cc3)C(C)C)CC1)C2. The predicted molar refractivity (Wildman–Crippen MR) is 133 cm³/mol. The molecule has 1 atom stereocenters. The van der Waals surface area contributed by atoms with Crippen LogP contribution in [-0.4, -0.2) is 62.5 Å². The Kier molecular flexibility index (Phi) is 6.91. The van der Waals surface area contributed by atoms with Crippen molar-refractivity contribution in [2.45, 2.75) is 52.2 Å². The Morgan fingerprint density at radius 3 is 2.42 bits per heavy atom. The molecule has 0 radical (unpaired) electrons. The summed E-state index contributed by atoms with van der Waals surface area (Å²) in [5, 5.41) is 5.64. The summed E-state index contributed by atoms with van der Waals surface area (Å²) in [5.41, 5.74) is 1.59. The molecule has 1 saturated heterocycles. The van der Waals surface area contributed by atoms with Gasteiger partial charge in [-0.2, -0.15) is 0 Å². The minimum Gasteiger partial charge on any atom is -0.341 e. The lowest BCUT2D eigenvalue weighted by Crippen LogP contribution is -2.55. The van der Waals surface area contributed by atoms with Gasteiger partial charge in [0, 0.05) is 28.4 Å². The van der Waals surface area contributed by atoms with Gasteiger partial charge in [-0.3, -0.25) is 9.36 Å². The number of hydrogen-bond acceptors (Lipinski definition) is 4. The van der Waals surface area contributed by atoms with E-state index in [9.17, 15) is 14.4 Å². The van der Waals surface area contributed by atoms with Gasteiger partial charge in [0.15, 0.2) is 0 Å². The largest absolute Gasteiger partial charge is 0.341 e. The van der Waals surface area contributed by atoms with Crippen molar-refractivity contribution in [3.8, 4) is 0 Å². The van der Waals surface area contributed by atoms with Gasteiger partial charge in [0.05, 0.1) is 18.4 Å². The molecule has 4 rings (SSSR count). The second kappa shape index (κ2) is 9.70. The molecule has 0 aliphatic carbocycles. The number of amides is 4. The van der Waals surface area contributed by atoms with Crippen LogP contribution in [0.3, 0.4) is 0 Å². The van der Waals surface area contributed by atoms with Gasteiger partial charge in [-0.05, 0) is 72.5 Å². The second-order valence-corrected chi connectivity index (χ2v) is 10.2. The molecule has 0 bridgehead atoms. The summed E-state index contributed by atoms with van der Waals surface area (Å²) in [6, 6.07) is 6.52. The van der Waals surface area contributed by atoms with Gasteiger partial charge in [-0.25, -0.2) is 14.6 Å². The summed E-state index contributed by atoms with van der Waals surface area (Å²) in [4.78, 5) is 46.5. The fraction of sp³-hybridized carbons (Fsp3) is 0.478. The molecule has 2 aliphatic heterocycles. The smallest absolute Gasteiger partial charge is 0.330 e. The highest BCUT2D eigenvalue weighted by molar-refractivity contribution is 14.1. The van der Waals surface area contributed by atoms with Crippen LogP contribution in [0.1, 0.15) is 38.2 Å². The van der Waals surface area contributed by atoms with E-state index in [4.69, 9.17) is 0 Å². The van der Waals surface area contributed by atoms with E-state index >= 15 is 0 Å². The molecule has 10 heteroatoms. The summed E-state index contributed by atoms with van der Waals surface area (Å²) in [6.45, 7) is 7.36. The fourth-order valence-electron chi connectivity index (χ4n) is 4.47. The Labute approximate surface area is 207 Å². The number of hydrogen-bond donors (Lipinski definition) is 2. The number of piperidine rings is 1. The van der Waals surface area contributed by atoms with Crippen molar-refractivity contribution in [2.24, 2.45) is 5.92 Å². The van der Waals surface area contributed by atoms with Crippen LogP contribution in [0.5, 0.6) is 0 Å². The van der Waals surface area contributed by atoms with Crippen LogP contribution in [0.15, 0.2) is 30.5 Å². The van der Waals surface area contributed by atoms with Crippen molar-refractivity contribution in [1.82, 2.24) is 24.7 Å². The number of nitrogens with one attached hydrogen (secondary N) is 2. The van der Waals surface area contributed by atoms with Gasteiger partial charge in [0.2, 0.25) is 5.91 Å². The van der Waals surface area contributed by atoms with E-state index in [1.54, 1.807) is 15.7 Å². The maximum absolute atomic E-state index is 13.2. The molecule has 0 unspecified atom stereocenters. The molecule has 1 aromatic heterocycles. The zero-order valence-electron chi connectivity index (χ0n) is 19.0. The van der Waals surface area contributed by atoms with Crippen molar-refractivity contribution < 1.29 is 14.4 Å². The van der Waals surface area contributed by atoms with E-state index in [0.29, 0.717) is 44.0 Å². The summed E-state index contributed by atoms with van der Waals surface area (Å²) < 4.78 is 2.75. The third-order valence-electron chi connectivity index (χ3n) is 6.32. The predicted octanol–water partition coefficient (Wildman–Crippen LogP) is 3.42. The number of aromatic nitrogens is 2. The summed E-state index contributed by atoms with van der Waals surface area (Å²) in [6.07, 6.45) is 3.19. The molecule has 176 valence electrons. The normalized spacial score (nSPS) is 17.3. The number of aryl methyl sites for hydroxylation is 1. The molecule has 1 fully saturated rings. The zero-order chi connectivity index (χ0) is 23.7. The molecule has 2 N–H and O–H groups in total. The Balaban J connectivity index is 1.33. The molecule has 2 aromatic rings. The van der Waals surface area contributed by atoms with Crippen LogP contribution in [-0.2, 0) is 11.3 Å². The quantitative estimate of drug-likeness (QED) is 0.544. The number of imidazole rings is 1. The Morgan fingerprint density at radius 1 is 1.15 bits per heavy atom. The number of benzene rings is 1. The monoisotopic (exact) mass is 564 g/mol. The van der Waals surface area contributed by atoms with E-state index in [-0.39, 0.29) is 23.9 Å². The molecule has 0 spiro atoms. The maximum Gasteiger partial charge on any atom is 0.330 e. The molecule has 0 saturated carbocycles.